The van der Waals surface area contributed by atoms with Crippen LogP contribution in [0.25, 0.3) is 0 Å². The lowest BCUT2D eigenvalue weighted by atomic mass is 9.99. The monoisotopic (exact) mass is 464 g/mol. The second-order valence-electron chi connectivity index (χ2n) is 8.29. The van der Waals surface area contributed by atoms with Crippen molar-refractivity contribution in [1.29, 1.82) is 0 Å². The molecule has 164 valence electrons. The van der Waals surface area contributed by atoms with E-state index in [0.717, 1.165) is 45.1 Å². The van der Waals surface area contributed by atoms with Crippen LogP contribution >= 0.6 is 22.9 Å². The first-order valence-electron chi connectivity index (χ1n) is 10.7. The summed E-state index contributed by atoms with van der Waals surface area (Å²) in [5.74, 6) is 0.0382. The van der Waals surface area contributed by atoms with Gasteiger partial charge in [0.2, 0.25) is 5.91 Å². The van der Waals surface area contributed by atoms with Crippen molar-refractivity contribution in [3.05, 3.63) is 86.8 Å². The zero-order valence-corrected chi connectivity index (χ0v) is 19.9. The van der Waals surface area contributed by atoms with Crippen LogP contribution in [-0.2, 0) is 17.6 Å². The Morgan fingerprint density at radius 3 is 2.50 bits per heavy atom. The molecule has 0 saturated carbocycles. The fourth-order valence-corrected chi connectivity index (χ4v) is 4.96. The van der Waals surface area contributed by atoms with Crippen molar-refractivity contribution in [2.75, 3.05) is 5.32 Å². The number of aliphatic imine (C=N–C) groups is 1. The number of amides is 1. The van der Waals surface area contributed by atoms with Crippen LogP contribution in [0.4, 0.5) is 5.00 Å². The van der Waals surface area contributed by atoms with Crippen LogP contribution in [0.1, 0.15) is 52.7 Å². The summed E-state index contributed by atoms with van der Waals surface area (Å²) in [5.41, 5.74) is 4.41. The number of halogens is 1. The number of carbonyl (C=O) groups is 2. The van der Waals surface area contributed by atoms with E-state index in [9.17, 15) is 9.59 Å². The summed E-state index contributed by atoms with van der Waals surface area (Å²) in [5, 5.41) is 4.45. The fourth-order valence-electron chi connectivity index (χ4n) is 3.68. The maximum atomic E-state index is 12.5. The van der Waals surface area contributed by atoms with Gasteiger partial charge in [0.15, 0.2) is 5.78 Å². The van der Waals surface area contributed by atoms with E-state index in [2.05, 4.69) is 11.4 Å². The molecule has 0 radical (unpaired) electrons. The molecule has 1 atom stereocenters. The molecule has 0 fully saturated rings. The van der Waals surface area contributed by atoms with Crippen LogP contribution in [0.5, 0.6) is 0 Å². The predicted octanol–water partition coefficient (Wildman–Crippen LogP) is 6.20. The minimum Gasteiger partial charge on any atom is -0.315 e. The van der Waals surface area contributed by atoms with E-state index in [1.54, 1.807) is 18.3 Å². The van der Waals surface area contributed by atoms with Crippen LogP contribution in [0, 0.1) is 5.92 Å². The van der Waals surface area contributed by atoms with Gasteiger partial charge >= 0.3 is 0 Å². The van der Waals surface area contributed by atoms with Crippen molar-refractivity contribution < 1.29 is 9.59 Å². The maximum absolute atomic E-state index is 12.5. The zero-order valence-electron chi connectivity index (χ0n) is 18.3. The first kappa shape index (κ1) is 22.4. The number of fused-ring (bicyclic) bond motifs is 1. The molecule has 3 aromatic rings. The van der Waals surface area contributed by atoms with Crippen LogP contribution in [0.15, 0.2) is 59.6 Å². The minimum absolute atomic E-state index is 0.00530. The lowest BCUT2D eigenvalue weighted by Gasteiger charge is -2.08. The molecule has 2 heterocycles. The van der Waals surface area contributed by atoms with Gasteiger partial charge in [0.1, 0.15) is 11.0 Å². The van der Waals surface area contributed by atoms with E-state index in [-0.39, 0.29) is 17.6 Å². The number of nitrogens with one attached hydrogen (secondary N) is 1. The van der Waals surface area contributed by atoms with Gasteiger partial charge in [-0.15, -0.1) is 11.3 Å². The third-order valence-electron chi connectivity index (χ3n) is 5.53. The summed E-state index contributed by atoms with van der Waals surface area (Å²) in [6.07, 6.45) is 1.68. The topological polar surface area (TPSA) is 58.5 Å². The van der Waals surface area contributed by atoms with Gasteiger partial charge in [-0.1, -0.05) is 67.9 Å². The number of nitrogens with zero attached hydrogens (tertiary/aromatic N) is 1. The predicted molar refractivity (Wildman–Crippen MR) is 133 cm³/mol. The van der Waals surface area contributed by atoms with Gasteiger partial charge in [-0.3, -0.25) is 14.6 Å². The molecule has 2 aromatic carbocycles. The number of rotatable bonds is 6. The molecule has 4 nitrogen and oxygen atoms in total. The van der Waals surface area contributed by atoms with Crippen LogP contribution in [0.3, 0.4) is 0 Å². The molecule has 32 heavy (non-hydrogen) atoms. The molecular formula is C26H25ClN2O2S. The number of anilines is 1. The molecule has 0 spiro atoms. The Morgan fingerprint density at radius 1 is 1.09 bits per heavy atom. The second-order valence-corrected chi connectivity index (χ2v) is 9.84. The Bertz CT molecular complexity index is 1190. The van der Waals surface area contributed by atoms with Crippen LogP contribution in [-0.4, -0.2) is 23.4 Å². The van der Waals surface area contributed by atoms with Crippen molar-refractivity contribution in [3.63, 3.8) is 0 Å². The molecular weight excluding hydrogens is 440 g/mol. The number of ketones is 1. The van der Waals surface area contributed by atoms with E-state index in [4.69, 9.17) is 16.6 Å². The molecule has 6 heteroatoms. The molecule has 1 aromatic heterocycles. The van der Waals surface area contributed by atoms with Gasteiger partial charge in [-0.05, 0) is 37.5 Å². The maximum Gasteiger partial charge on any atom is 0.249 e. The van der Waals surface area contributed by atoms with E-state index < -0.39 is 6.04 Å². The van der Waals surface area contributed by atoms with Crippen LogP contribution < -0.4 is 5.32 Å². The number of hydrogen-bond donors (Lipinski definition) is 1. The van der Waals surface area contributed by atoms with E-state index in [1.807, 2.05) is 62.4 Å². The van der Waals surface area contributed by atoms with Gasteiger partial charge in [0.25, 0.3) is 0 Å². The third kappa shape index (κ3) is 4.69. The number of thiophene rings is 1. The summed E-state index contributed by atoms with van der Waals surface area (Å²) in [7, 11) is 0. The standard InChI is InChI=1S/C26H25ClN2O2S/c1-15(2)24(30)18-11-8-17(9-12-18)10-13-19-14-21-23(20-6-4-5-7-22(20)27)28-16(3)25(31)29-26(21)32-19/h4-9,11-12,14-16H,10,13H2,1-3H3,(H,29,31). The Hall–Kier alpha value is -2.76. The highest BCUT2D eigenvalue weighted by Crippen LogP contribution is 2.35. The quantitative estimate of drug-likeness (QED) is 0.441. The normalized spacial score (nSPS) is 15.7. The largest absolute Gasteiger partial charge is 0.315 e. The SMILES string of the molecule is CC(C)C(=O)c1ccc(CCc2cc3c(s2)NC(=O)C(C)N=C3c2ccccc2Cl)cc1. The Kier molecular flexibility index (Phi) is 6.58. The molecule has 1 aliphatic heterocycles. The molecule has 1 amide bonds. The number of hydrogen-bond acceptors (Lipinski definition) is 4. The Morgan fingerprint density at radius 2 is 1.81 bits per heavy atom. The van der Waals surface area contributed by atoms with Crippen molar-refractivity contribution in [1.82, 2.24) is 0 Å². The van der Waals surface area contributed by atoms with Gasteiger partial charge < -0.3 is 5.32 Å². The van der Waals surface area contributed by atoms with Crippen molar-refractivity contribution in [3.8, 4) is 0 Å². The molecule has 1 aliphatic rings. The van der Waals surface area contributed by atoms with Gasteiger partial charge in [0.05, 0.1) is 5.71 Å². The van der Waals surface area contributed by atoms with E-state index in [1.165, 1.54) is 5.56 Å². The van der Waals surface area contributed by atoms with E-state index in [0.29, 0.717) is 5.02 Å². The number of Topliss-reactive ketones (excluding diaryl/α,β-unsaturated/α-hetero) is 1. The Balaban J connectivity index is 1.58. The average Bonchev–Trinajstić information content (AvgIpc) is 3.13. The first-order valence-corrected chi connectivity index (χ1v) is 11.9. The average molecular weight is 465 g/mol. The highest BCUT2D eigenvalue weighted by Gasteiger charge is 2.26. The smallest absolute Gasteiger partial charge is 0.249 e. The molecule has 1 unspecified atom stereocenters. The van der Waals surface area contributed by atoms with Gasteiger partial charge in [-0.2, -0.15) is 0 Å². The molecule has 0 aliphatic carbocycles. The number of aryl methyl sites for hydroxylation is 2. The van der Waals surface area contributed by atoms with Crippen LogP contribution in [0.2, 0.25) is 5.02 Å². The number of carbonyl (C=O) groups excluding carboxylic acids is 2. The Labute approximate surface area is 197 Å². The summed E-state index contributed by atoms with van der Waals surface area (Å²) < 4.78 is 0. The summed E-state index contributed by atoms with van der Waals surface area (Å²) in [6.45, 7) is 5.62. The summed E-state index contributed by atoms with van der Waals surface area (Å²) >= 11 is 8.04. The fraction of sp³-hybridized carbons (Fsp3) is 0.269. The first-order chi connectivity index (χ1) is 15.3. The minimum atomic E-state index is -0.489. The lowest BCUT2D eigenvalue weighted by molar-refractivity contribution is -0.116. The van der Waals surface area contributed by atoms with Crippen molar-refractivity contribution in [2.45, 2.75) is 39.7 Å². The molecule has 1 N–H and O–H groups in total. The van der Waals surface area contributed by atoms with Crippen molar-refractivity contribution in [2.24, 2.45) is 10.9 Å². The third-order valence-corrected chi connectivity index (χ3v) is 6.97. The second kappa shape index (κ2) is 9.39. The van der Waals surface area contributed by atoms with E-state index >= 15 is 0 Å². The van der Waals surface area contributed by atoms with Gasteiger partial charge in [0, 0.05) is 32.5 Å². The molecule has 0 saturated heterocycles. The molecule has 0 bridgehead atoms. The highest BCUT2D eigenvalue weighted by molar-refractivity contribution is 7.16. The zero-order chi connectivity index (χ0) is 22.8. The summed E-state index contributed by atoms with van der Waals surface area (Å²) in [4.78, 5) is 30.5. The lowest BCUT2D eigenvalue weighted by Crippen LogP contribution is -2.22. The molecule has 4 rings (SSSR count). The number of benzene rings is 2. The highest BCUT2D eigenvalue weighted by atomic mass is 35.5. The van der Waals surface area contributed by atoms with Gasteiger partial charge in [-0.25, -0.2) is 0 Å². The van der Waals surface area contributed by atoms with Crippen molar-refractivity contribution >= 4 is 45.3 Å². The summed E-state index contributed by atoms with van der Waals surface area (Å²) in [6, 6.07) is 17.1.